The van der Waals surface area contributed by atoms with Crippen LogP contribution >= 0.6 is 0 Å². The van der Waals surface area contributed by atoms with Crippen molar-refractivity contribution in [2.45, 2.75) is 26.7 Å². The maximum Gasteiger partial charge on any atom is 0.332 e. The van der Waals surface area contributed by atoms with E-state index in [4.69, 9.17) is 5.73 Å². The zero-order chi connectivity index (χ0) is 9.40. The number of rotatable bonds is 4. The van der Waals surface area contributed by atoms with Gasteiger partial charge in [0.05, 0.1) is 5.71 Å². The highest BCUT2D eigenvalue weighted by atomic mass is 16.2. The third kappa shape index (κ3) is 5.46. The van der Waals surface area contributed by atoms with Crippen LogP contribution in [0.1, 0.15) is 26.7 Å². The Labute approximate surface area is 72.5 Å². The maximum absolute atomic E-state index is 10.3. The van der Waals surface area contributed by atoms with Gasteiger partial charge in [0.15, 0.2) is 0 Å². The van der Waals surface area contributed by atoms with Crippen molar-refractivity contribution in [2.24, 2.45) is 10.8 Å². The molecule has 0 radical (unpaired) electrons. The molecule has 0 rings (SSSR count). The van der Waals surface area contributed by atoms with Gasteiger partial charge in [-0.3, -0.25) is 0 Å². The number of nitrogens with two attached hydrogens (primary N) is 1. The largest absolute Gasteiger partial charge is 0.350 e. The average molecular weight is 169 g/mol. The van der Waals surface area contributed by atoms with Crippen molar-refractivity contribution in [3.8, 4) is 0 Å². The number of allylic oxidation sites excluding steroid dienone is 2. The van der Waals surface area contributed by atoms with Gasteiger partial charge in [0.1, 0.15) is 0 Å². The predicted molar refractivity (Wildman–Crippen MR) is 49.9 cm³/mol. The molecule has 0 aromatic rings. The second kappa shape index (κ2) is 6.39. The predicted octanol–water partition coefficient (Wildman–Crippen LogP) is 1.39. The van der Waals surface area contributed by atoms with Crippen molar-refractivity contribution in [3.63, 3.8) is 0 Å². The van der Waals surface area contributed by atoms with Gasteiger partial charge in [-0.25, -0.2) is 10.2 Å². The quantitative estimate of drug-likeness (QED) is 0.484. The lowest BCUT2D eigenvalue weighted by atomic mass is 10.2. The van der Waals surface area contributed by atoms with Gasteiger partial charge in [-0.2, -0.15) is 5.10 Å². The minimum absolute atomic E-state index is 0.631. The summed E-state index contributed by atoms with van der Waals surface area (Å²) in [6, 6.07) is -0.631. The molecule has 3 N–H and O–H groups in total. The Kier molecular flexibility index (Phi) is 5.69. The van der Waals surface area contributed by atoms with Gasteiger partial charge >= 0.3 is 6.03 Å². The summed E-state index contributed by atoms with van der Waals surface area (Å²) in [5, 5.41) is 3.81. The number of hydrogen-bond donors (Lipinski definition) is 2. The number of hydrazone groups is 1. The Morgan fingerprint density at radius 2 is 2.33 bits per heavy atom. The van der Waals surface area contributed by atoms with Crippen molar-refractivity contribution >= 4 is 11.7 Å². The zero-order valence-corrected chi connectivity index (χ0v) is 7.50. The summed E-state index contributed by atoms with van der Waals surface area (Å²) in [6.07, 6.45) is 5.55. The molecule has 0 bridgehead atoms. The normalized spacial score (nSPS) is 12.0. The number of hydrogen-bond acceptors (Lipinski definition) is 2. The van der Waals surface area contributed by atoms with Crippen LogP contribution in [0.25, 0.3) is 0 Å². The van der Waals surface area contributed by atoms with Crippen LogP contribution in [0.2, 0.25) is 0 Å². The highest BCUT2D eigenvalue weighted by Gasteiger charge is 1.92. The molecule has 4 nitrogen and oxygen atoms in total. The van der Waals surface area contributed by atoms with Crippen LogP contribution in [0, 0.1) is 0 Å². The second-order valence-corrected chi connectivity index (χ2v) is 2.33. The Bertz CT molecular complexity index is 196. The highest BCUT2D eigenvalue weighted by molar-refractivity contribution is 5.95. The minimum Gasteiger partial charge on any atom is -0.350 e. The lowest BCUT2D eigenvalue weighted by molar-refractivity contribution is 0.249. The molecular weight excluding hydrogens is 154 g/mol. The standard InChI is InChI=1S/C8H15N3O/c1-3-5-7(6-4-2)10-11-8(9)12/h3,5H,4,6H2,1-2H3,(H3,9,11,12). The topological polar surface area (TPSA) is 67.5 Å². The van der Waals surface area contributed by atoms with Crippen LogP contribution < -0.4 is 11.2 Å². The monoisotopic (exact) mass is 169 g/mol. The van der Waals surface area contributed by atoms with E-state index in [9.17, 15) is 4.79 Å². The van der Waals surface area contributed by atoms with Crippen LogP contribution in [0.3, 0.4) is 0 Å². The molecule has 0 aromatic carbocycles. The van der Waals surface area contributed by atoms with E-state index in [1.807, 2.05) is 26.0 Å². The van der Waals surface area contributed by atoms with Gasteiger partial charge < -0.3 is 5.73 Å². The first-order chi connectivity index (χ1) is 5.70. The summed E-state index contributed by atoms with van der Waals surface area (Å²) >= 11 is 0. The van der Waals surface area contributed by atoms with Crippen LogP contribution in [-0.2, 0) is 0 Å². The number of amides is 2. The fourth-order valence-electron chi connectivity index (χ4n) is 0.752. The molecule has 0 unspecified atom stereocenters. The molecule has 2 amide bonds. The third-order valence-electron chi connectivity index (χ3n) is 1.17. The molecule has 0 aromatic heterocycles. The van der Waals surface area contributed by atoms with E-state index >= 15 is 0 Å². The maximum atomic E-state index is 10.3. The van der Waals surface area contributed by atoms with Crippen LogP contribution in [0.5, 0.6) is 0 Å². The summed E-state index contributed by atoms with van der Waals surface area (Å²) < 4.78 is 0. The highest BCUT2D eigenvalue weighted by Crippen LogP contribution is 1.93. The summed E-state index contributed by atoms with van der Waals surface area (Å²) in [5.41, 5.74) is 7.87. The fraction of sp³-hybridized carbons (Fsp3) is 0.500. The second-order valence-electron chi connectivity index (χ2n) is 2.33. The molecular formula is C8H15N3O. The van der Waals surface area contributed by atoms with E-state index in [1.165, 1.54) is 0 Å². The average Bonchev–Trinajstić information content (AvgIpc) is 2.01. The van der Waals surface area contributed by atoms with Gasteiger partial charge in [0.25, 0.3) is 0 Å². The summed E-state index contributed by atoms with van der Waals surface area (Å²) in [4.78, 5) is 10.3. The molecule has 0 aliphatic rings. The molecule has 0 fully saturated rings. The number of primary amides is 1. The molecule has 0 atom stereocenters. The van der Waals surface area contributed by atoms with Crippen molar-refractivity contribution in [3.05, 3.63) is 12.2 Å². The Hall–Kier alpha value is -1.32. The van der Waals surface area contributed by atoms with Crippen molar-refractivity contribution in [2.75, 3.05) is 0 Å². The molecule has 4 heteroatoms. The molecule has 0 spiro atoms. The van der Waals surface area contributed by atoms with E-state index in [0.29, 0.717) is 0 Å². The minimum atomic E-state index is -0.631. The first-order valence-electron chi connectivity index (χ1n) is 3.95. The van der Waals surface area contributed by atoms with E-state index < -0.39 is 6.03 Å². The first-order valence-corrected chi connectivity index (χ1v) is 3.95. The smallest absolute Gasteiger partial charge is 0.332 e. The molecule has 0 saturated carbocycles. The van der Waals surface area contributed by atoms with E-state index in [0.717, 1.165) is 18.6 Å². The third-order valence-corrected chi connectivity index (χ3v) is 1.17. The summed E-state index contributed by atoms with van der Waals surface area (Å²) in [7, 11) is 0. The fourth-order valence-corrected chi connectivity index (χ4v) is 0.752. The van der Waals surface area contributed by atoms with Crippen LogP contribution in [0.4, 0.5) is 4.79 Å². The van der Waals surface area contributed by atoms with Gasteiger partial charge in [0, 0.05) is 0 Å². The molecule has 0 aliphatic heterocycles. The van der Waals surface area contributed by atoms with Crippen LogP contribution in [0.15, 0.2) is 17.3 Å². The van der Waals surface area contributed by atoms with Crippen molar-refractivity contribution in [1.29, 1.82) is 0 Å². The van der Waals surface area contributed by atoms with Crippen molar-refractivity contribution < 1.29 is 4.79 Å². The molecule has 0 saturated heterocycles. The Morgan fingerprint density at radius 1 is 1.67 bits per heavy atom. The van der Waals surface area contributed by atoms with Crippen molar-refractivity contribution in [1.82, 2.24) is 5.43 Å². The van der Waals surface area contributed by atoms with Gasteiger partial charge in [-0.1, -0.05) is 19.4 Å². The number of nitrogens with zero attached hydrogens (tertiary/aromatic N) is 1. The van der Waals surface area contributed by atoms with E-state index in [-0.39, 0.29) is 0 Å². The first kappa shape index (κ1) is 10.7. The number of carbonyl (C=O) groups is 1. The van der Waals surface area contributed by atoms with Gasteiger partial charge in [0.2, 0.25) is 0 Å². The van der Waals surface area contributed by atoms with Gasteiger partial charge in [-0.05, 0) is 19.4 Å². The SMILES string of the molecule is CC=CC(CCC)=NNC(N)=O. The zero-order valence-electron chi connectivity index (χ0n) is 7.50. The molecule has 68 valence electrons. The number of carbonyl (C=O) groups excluding carboxylic acids is 1. The number of urea groups is 1. The summed E-state index contributed by atoms with van der Waals surface area (Å²) in [5.74, 6) is 0. The lowest BCUT2D eigenvalue weighted by Crippen LogP contribution is -2.25. The molecule has 12 heavy (non-hydrogen) atoms. The van der Waals surface area contributed by atoms with Crippen LogP contribution in [-0.4, -0.2) is 11.7 Å². The number of nitrogens with one attached hydrogen (secondary N) is 1. The van der Waals surface area contributed by atoms with E-state index in [1.54, 1.807) is 0 Å². The summed E-state index contributed by atoms with van der Waals surface area (Å²) in [6.45, 7) is 3.94. The Balaban J connectivity index is 4.07. The molecule has 0 heterocycles. The Morgan fingerprint density at radius 3 is 2.75 bits per heavy atom. The van der Waals surface area contributed by atoms with Gasteiger partial charge in [-0.15, -0.1) is 0 Å². The van der Waals surface area contributed by atoms with E-state index in [2.05, 4.69) is 10.5 Å². The molecule has 0 aliphatic carbocycles. The lowest BCUT2D eigenvalue weighted by Gasteiger charge is -1.97.